The van der Waals surface area contributed by atoms with Crippen molar-refractivity contribution in [3.63, 3.8) is 0 Å². The first-order valence-electron chi connectivity index (χ1n) is 13.8. The number of pyridine rings is 1. The fourth-order valence-corrected chi connectivity index (χ4v) is 8.28. The molecule has 9 heteroatoms. The average molecular weight is 565 g/mol. The van der Waals surface area contributed by atoms with E-state index in [1.54, 1.807) is 12.4 Å². The Labute approximate surface area is 225 Å². The summed E-state index contributed by atoms with van der Waals surface area (Å²) in [5, 5.41) is 11.6. The summed E-state index contributed by atoms with van der Waals surface area (Å²) < 4.78 is 2.73. The molecule has 37 heavy (non-hydrogen) atoms. The van der Waals surface area contributed by atoms with E-state index in [1.807, 2.05) is 21.7 Å². The van der Waals surface area contributed by atoms with Gasteiger partial charge in [-0.15, -0.1) is 0 Å². The molecule has 8 rings (SSSR count). The van der Waals surface area contributed by atoms with Gasteiger partial charge in [0.05, 0.1) is 10.7 Å². The molecule has 2 amide bonds. The summed E-state index contributed by atoms with van der Waals surface area (Å²) in [6.45, 7) is 2.20. The molecular weight excluding hydrogens is 530 g/mol. The van der Waals surface area contributed by atoms with Crippen LogP contribution in [-0.4, -0.2) is 49.1 Å². The number of piperidine rings is 1. The Balaban J connectivity index is 1.03. The van der Waals surface area contributed by atoms with Gasteiger partial charge in [0.1, 0.15) is 5.82 Å². The maximum atomic E-state index is 13.4. The molecule has 3 aromatic heterocycles. The zero-order chi connectivity index (χ0) is 25.0. The van der Waals surface area contributed by atoms with Gasteiger partial charge >= 0.3 is 6.03 Å². The summed E-state index contributed by atoms with van der Waals surface area (Å²) >= 11 is 3.61. The molecule has 2 N–H and O–H groups in total. The molecule has 8 nitrogen and oxygen atoms in total. The van der Waals surface area contributed by atoms with Gasteiger partial charge in [-0.3, -0.25) is 4.98 Å². The third-order valence-electron chi connectivity index (χ3n) is 9.26. The molecule has 0 radical (unpaired) electrons. The summed E-state index contributed by atoms with van der Waals surface area (Å²) in [5.74, 6) is 3.73. The van der Waals surface area contributed by atoms with Crippen molar-refractivity contribution in [1.82, 2.24) is 29.8 Å². The molecular formula is C28H34BrN7O. The SMILES string of the molecule is O=C(NC12CC3CC(CC(C3)C1)C2)N1CCC(c2cc(NCc3cccnc3)n3ncc(Br)c3n2)CC1. The molecule has 194 valence electrons. The van der Waals surface area contributed by atoms with Crippen molar-refractivity contribution in [3.8, 4) is 0 Å². The summed E-state index contributed by atoms with van der Waals surface area (Å²) in [6, 6.07) is 6.28. The molecule has 4 heterocycles. The molecule has 5 fully saturated rings. The van der Waals surface area contributed by atoms with Crippen LogP contribution in [0.15, 0.2) is 41.3 Å². The standard InChI is InChI=1S/C28H34BrN7O/c29-23-17-32-36-25(31-16-18-2-1-5-30-15-18)11-24(33-26(23)36)22-3-6-35(7-4-22)27(37)34-28-12-19-8-20(13-28)10-21(9-19)14-28/h1-2,5,11,15,17,19-22,31H,3-4,6-10,12-14,16H2,(H,34,37). The van der Waals surface area contributed by atoms with Crippen molar-refractivity contribution < 1.29 is 4.79 Å². The normalized spacial score (nSPS) is 29.1. The Bertz CT molecular complexity index is 1270. The summed E-state index contributed by atoms with van der Waals surface area (Å²) in [6.07, 6.45) is 15.1. The average Bonchev–Trinajstić information content (AvgIpc) is 3.27. The third-order valence-corrected chi connectivity index (χ3v) is 9.82. The van der Waals surface area contributed by atoms with Crippen LogP contribution in [0.25, 0.3) is 5.65 Å². The molecule has 4 bridgehead atoms. The highest BCUT2D eigenvalue weighted by atomic mass is 79.9. The van der Waals surface area contributed by atoms with Crippen LogP contribution in [0, 0.1) is 17.8 Å². The van der Waals surface area contributed by atoms with E-state index < -0.39 is 0 Å². The number of carbonyl (C=O) groups is 1. The Hall–Kier alpha value is -2.68. The Morgan fingerprint density at radius 3 is 2.49 bits per heavy atom. The van der Waals surface area contributed by atoms with Gasteiger partial charge in [0, 0.05) is 55.2 Å². The smallest absolute Gasteiger partial charge is 0.317 e. The number of hydrogen-bond acceptors (Lipinski definition) is 5. The minimum absolute atomic E-state index is 0.0679. The van der Waals surface area contributed by atoms with E-state index in [2.05, 4.69) is 48.8 Å². The van der Waals surface area contributed by atoms with E-state index in [0.717, 1.165) is 70.9 Å². The van der Waals surface area contributed by atoms with Crippen LogP contribution in [-0.2, 0) is 6.54 Å². The molecule has 0 spiro atoms. The van der Waals surface area contributed by atoms with Crippen LogP contribution in [0.5, 0.6) is 0 Å². The van der Waals surface area contributed by atoms with Crippen molar-refractivity contribution >= 4 is 33.4 Å². The van der Waals surface area contributed by atoms with Crippen LogP contribution >= 0.6 is 15.9 Å². The molecule has 1 aliphatic heterocycles. The Morgan fingerprint density at radius 1 is 1.08 bits per heavy atom. The third kappa shape index (κ3) is 4.49. The number of anilines is 1. The van der Waals surface area contributed by atoms with Crippen LogP contribution in [0.4, 0.5) is 10.6 Å². The van der Waals surface area contributed by atoms with Gasteiger partial charge in [-0.05, 0) is 96.7 Å². The number of amides is 2. The Morgan fingerprint density at radius 2 is 1.81 bits per heavy atom. The lowest BCUT2D eigenvalue weighted by Gasteiger charge is -2.57. The second-order valence-electron chi connectivity index (χ2n) is 11.9. The quantitative estimate of drug-likeness (QED) is 0.436. The number of urea groups is 1. The number of rotatable bonds is 5. The van der Waals surface area contributed by atoms with E-state index >= 15 is 0 Å². The molecule has 1 saturated heterocycles. The summed E-state index contributed by atoms with van der Waals surface area (Å²) in [7, 11) is 0. The minimum Gasteiger partial charge on any atom is -0.366 e. The first kappa shape index (κ1) is 23.4. The number of halogens is 1. The zero-order valence-electron chi connectivity index (χ0n) is 21.1. The molecule has 4 aliphatic carbocycles. The molecule has 4 saturated carbocycles. The van der Waals surface area contributed by atoms with Crippen molar-refractivity contribution in [2.24, 2.45) is 17.8 Å². The molecule has 0 atom stereocenters. The predicted molar refractivity (Wildman–Crippen MR) is 145 cm³/mol. The van der Waals surface area contributed by atoms with Gasteiger partial charge in [-0.1, -0.05) is 6.07 Å². The number of nitrogens with zero attached hydrogens (tertiary/aromatic N) is 5. The van der Waals surface area contributed by atoms with Gasteiger partial charge in [0.15, 0.2) is 5.65 Å². The lowest BCUT2D eigenvalue weighted by Crippen LogP contribution is -2.62. The number of carbonyl (C=O) groups excluding carboxylic acids is 1. The lowest BCUT2D eigenvalue weighted by atomic mass is 9.53. The topological polar surface area (TPSA) is 87.5 Å². The van der Waals surface area contributed by atoms with Crippen molar-refractivity contribution in [3.05, 3.63) is 52.5 Å². The fourth-order valence-electron chi connectivity index (χ4n) is 7.93. The monoisotopic (exact) mass is 563 g/mol. The number of hydrogen-bond donors (Lipinski definition) is 2. The van der Waals surface area contributed by atoms with Gasteiger partial charge in [-0.2, -0.15) is 9.61 Å². The second-order valence-corrected chi connectivity index (χ2v) is 12.8. The minimum atomic E-state index is 0.0679. The summed E-state index contributed by atoms with van der Waals surface area (Å²) in [4.78, 5) is 24.6. The highest BCUT2D eigenvalue weighted by molar-refractivity contribution is 9.10. The maximum absolute atomic E-state index is 13.4. The maximum Gasteiger partial charge on any atom is 0.317 e. The number of nitrogens with one attached hydrogen (secondary N) is 2. The highest BCUT2D eigenvalue weighted by Gasteiger charge is 2.51. The van der Waals surface area contributed by atoms with Gasteiger partial charge in [0.25, 0.3) is 0 Å². The zero-order valence-corrected chi connectivity index (χ0v) is 22.7. The van der Waals surface area contributed by atoms with Crippen molar-refractivity contribution in [1.29, 1.82) is 0 Å². The van der Waals surface area contributed by atoms with E-state index in [0.29, 0.717) is 12.5 Å². The first-order chi connectivity index (χ1) is 18.0. The fraction of sp³-hybridized carbons (Fsp3) is 0.571. The van der Waals surface area contributed by atoms with E-state index in [4.69, 9.17) is 4.98 Å². The van der Waals surface area contributed by atoms with Gasteiger partial charge < -0.3 is 15.5 Å². The van der Waals surface area contributed by atoms with Crippen LogP contribution in [0.2, 0.25) is 0 Å². The first-order valence-corrected chi connectivity index (χ1v) is 14.6. The van der Waals surface area contributed by atoms with E-state index in [1.165, 1.54) is 38.5 Å². The van der Waals surface area contributed by atoms with E-state index in [9.17, 15) is 4.79 Å². The molecule has 0 unspecified atom stereocenters. The lowest BCUT2D eigenvalue weighted by molar-refractivity contribution is -0.0160. The predicted octanol–water partition coefficient (Wildman–Crippen LogP) is 5.36. The number of likely N-dealkylation sites (tertiary alicyclic amines) is 1. The molecule has 0 aromatic carbocycles. The van der Waals surface area contributed by atoms with Gasteiger partial charge in [-0.25, -0.2) is 9.78 Å². The molecule has 3 aromatic rings. The number of fused-ring (bicyclic) bond motifs is 1. The summed E-state index contributed by atoms with van der Waals surface area (Å²) in [5.41, 5.74) is 3.05. The second kappa shape index (κ2) is 9.26. The molecule has 5 aliphatic rings. The van der Waals surface area contributed by atoms with Gasteiger partial charge in [0.2, 0.25) is 0 Å². The largest absolute Gasteiger partial charge is 0.366 e. The van der Waals surface area contributed by atoms with E-state index in [-0.39, 0.29) is 11.6 Å². The van der Waals surface area contributed by atoms with Crippen molar-refractivity contribution in [2.45, 2.75) is 69.4 Å². The number of aromatic nitrogens is 4. The van der Waals surface area contributed by atoms with Crippen molar-refractivity contribution in [2.75, 3.05) is 18.4 Å². The highest BCUT2D eigenvalue weighted by Crippen LogP contribution is 2.55. The van der Waals surface area contributed by atoms with Crippen LogP contribution < -0.4 is 10.6 Å². The van der Waals surface area contributed by atoms with Crippen LogP contribution in [0.3, 0.4) is 0 Å². The Kier molecular flexibility index (Phi) is 5.86. The van der Waals surface area contributed by atoms with Crippen LogP contribution in [0.1, 0.15) is 68.5 Å².